The molecule has 0 aliphatic heterocycles. The summed E-state index contributed by atoms with van der Waals surface area (Å²) in [5.41, 5.74) is 0.140. The maximum absolute atomic E-state index is 12.3. The molecular formula is C21H28O5. The van der Waals surface area contributed by atoms with E-state index in [4.69, 9.17) is 0 Å². The first-order valence-electron chi connectivity index (χ1n) is 9.89. The van der Waals surface area contributed by atoms with Crippen molar-refractivity contribution in [1.82, 2.24) is 0 Å². The van der Waals surface area contributed by atoms with E-state index in [-0.39, 0.29) is 34.7 Å². The molecule has 5 heteroatoms. The lowest BCUT2D eigenvalue weighted by Crippen LogP contribution is -2.58. The van der Waals surface area contributed by atoms with Crippen LogP contribution in [0.1, 0.15) is 51.9 Å². The highest BCUT2D eigenvalue weighted by Gasteiger charge is 2.64. The summed E-state index contributed by atoms with van der Waals surface area (Å²) in [4.78, 5) is 36.4. The summed E-state index contributed by atoms with van der Waals surface area (Å²) in [6.07, 6.45) is 6.75. The third kappa shape index (κ3) is 2.26. The van der Waals surface area contributed by atoms with Crippen LogP contribution in [0.2, 0.25) is 0 Å². The molecule has 0 aromatic heterocycles. The molecule has 0 bridgehead atoms. The van der Waals surface area contributed by atoms with Crippen LogP contribution in [0.3, 0.4) is 0 Å². The van der Waals surface area contributed by atoms with Crippen LogP contribution in [0.4, 0.5) is 0 Å². The van der Waals surface area contributed by atoms with Crippen molar-refractivity contribution < 1.29 is 24.6 Å². The molecule has 0 amide bonds. The largest absolute Gasteiger partial charge is 0.393 e. The third-order valence-corrected chi connectivity index (χ3v) is 8.27. The number of rotatable bonds is 3. The van der Waals surface area contributed by atoms with Gasteiger partial charge >= 0.3 is 0 Å². The lowest BCUT2D eigenvalue weighted by atomic mass is 9.45. The van der Waals surface area contributed by atoms with Gasteiger partial charge in [0.15, 0.2) is 11.6 Å². The fourth-order valence-electron chi connectivity index (χ4n) is 7.18. The molecule has 3 fully saturated rings. The number of fused-ring (bicyclic) bond motifs is 5. The van der Waals surface area contributed by atoms with Gasteiger partial charge in [-0.1, -0.05) is 12.5 Å². The van der Waals surface area contributed by atoms with Gasteiger partial charge in [-0.15, -0.1) is 0 Å². The Labute approximate surface area is 153 Å². The number of ketones is 2. The predicted octanol–water partition coefficient (Wildman–Crippen LogP) is 1.85. The lowest BCUT2D eigenvalue weighted by Gasteiger charge is -2.59. The number of carbonyl (C=O) groups excluding carboxylic acids is 3. The number of aliphatic hydroxyl groups excluding tert-OH is 2. The van der Waals surface area contributed by atoms with E-state index in [9.17, 15) is 24.6 Å². The molecule has 0 spiro atoms. The smallest absolute Gasteiger partial charge is 0.162 e. The SMILES string of the molecule is C[C@]12CCC(=O)C=C1CC[C@@H]1[C@H]2C(O)C[C@]2(C=O)[C@H](C(=O)CO)CC[C@@H]12. The molecule has 5 nitrogen and oxygen atoms in total. The lowest BCUT2D eigenvalue weighted by molar-refractivity contribution is -0.157. The second kappa shape index (κ2) is 6.10. The second-order valence-corrected chi connectivity index (χ2v) is 9.14. The van der Waals surface area contributed by atoms with Crippen molar-refractivity contribution >= 4 is 17.9 Å². The van der Waals surface area contributed by atoms with E-state index in [0.29, 0.717) is 19.3 Å². The summed E-state index contributed by atoms with van der Waals surface area (Å²) in [6.45, 7) is 1.63. The first kappa shape index (κ1) is 18.1. The molecule has 4 aliphatic rings. The summed E-state index contributed by atoms with van der Waals surface area (Å²) >= 11 is 0. The molecule has 26 heavy (non-hydrogen) atoms. The summed E-state index contributed by atoms with van der Waals surface area (Å²) in [5, 5.41) is 20.5. The van der Waals surface area contributed by atoms with Crippen LogP contribution >= 0.6 is 0 Å². The van der Waals surface area contributed by atoms with Crippen LogP contribution in [-0.4, -0.2) is 40.8 Å². The van der Waals surface area contributed by atoms with E-state index in [0.717, 1.165) is 37.5 Å². The highest BCUT2D eigenvalue weighted by atomic mass is 16.3. The number of hydrogen-bond donors (Lipinski definition) is 2. The maximum Gasteiger partial charge on any atom is 0.162 e. The van der Waals surface area contributed by atoms with Gasteiger partial charge in [-0.05, 0) is 67.8 Å². The first-order chi connectivity index (χ1) is 12.4. The van der Waals surface area contributed by atoms with Crippen LogP contribution in [0.25, 0.3) is 0 Å². The van der Waals surface area contributed by atoms with Gasteiger partial charge in [0.25, 0.3) is 0 Å². The third-order valence-electron chi connectivity index (χ3n) is 8.27. The number of Topliss-reactive ketones (excluding diaryl/α,β-unsaturated/α-hetero) is 1. The van der Waals surface area contributed by atoms with Gasteiger partial charge in [0.2, 0.25) is 0 Å². The van der Waals surface area contributed by atoms with E-state index in [2.05, 4.69) is 6.92 Å². The van der Waals surface area contributed by atoms with Gasteiger partial charge in [0, 0.05) is 17.8 Å². The van der Waals surface area contributed by atoms with Crippen molar-refractivity contribution in [3.05, 3.63) is 11.6 Å². The molecule has 4 aliphatic carbocycles. The van der Waals surface area contributed by atoms with Crippen LogP contribution in [0.5, 0.6) is 0 Å². The Kier molecular flexibility index (Phi) is 4.23. The Balaban J connectivity index is 1.74. The quantitative estimate of drug-likeness (QED) is 0.750. The Morgan fingerprint density at radius 1 is 1.31 bits per heavy atom. The molecule has 2 N–H and O–H groups in total. The second-order valence-electron chi connectivity index (χ2n) is 9.14. The Bertz CT molecular complexity index is 682. The zero-order chi connectivity index (χ0) is 18.7. The van der Waals surface area contributed by atoms with Gasteiger partial charge in [-0.3, -0.25) is 9.59 Å². The van der Waals surface area contributed by atoms with Gasteiger partial charge < -0.3 is 15.0 Å². The minimum Gasteiger partial charge on any atom is -0.393 e. The van der Waals surface area contributed by atoms with Crippen molar-refractivity contribution in [1.29, 1.82) is 0 Å². The van der Waals surface area contributed by atoms with Crippen LogP contribution in [-0.2, 0) is 14.4 Å². The monoisotopic (exact) mass is 360 g/mol. The van der Waals surface area contributed by atoms with Crippen LogP contribution in [0, 0.1) is 34.5 Å². The Morgan fingerprint density at radius 3 is 2.77 bits per heavy atom. The minimum atomic E-state index is -0.831. The number of aldehydes is 1. The minimum absolute atomic E-state index is 0.0386. The highest BCUT2D eigenvalue weighted by Crippen LogP contribution is 2.66. The normalized spacial score (nSPS) is 47.4. The standard InChI is InChI=1S/C21H28O5/c1-20-7-6-13(24)8-12(20)2-3-14-15-4-5-16(18(26)10-22)21(15,11-23)9-17(25)19(14)20/h8,11,14-17,19,22,25H,2-7,9-10H2,1H3/t14-,15-,16-,17?,19-,20-,21+/m0/s1. The Morgan fingerprint density at radius 2 is 2.08 bits per heavy atom. The molecule has 4 rings (SSSR count). The van der Waals surface area contributed by atoms with Gasteiger partial charge in [0.05, 0.1) is 6.10 Å². The zero-order valence-corrected chi connectivity index (χ0v) is 15.3. The maximum atomic E-state index is 12.3. The summed E-state index contributed by atoms with van der Waals surface area (Å²) in [5.74, 6) is -0.241. The van der Waals surface area contributed by atoms with Crippen molar-refractivity contribution in [2.75, 3.05) is 6.61 Å². The summed E-state index contributed by atoms with van der Waals surface area (Å²) in [6, 6.07) is 0. The van der Waals surface area contributed by atoms with E-state index >= 15 is 0 Å². The average molecular weight is 360 g/mol. The van der Waals surface area contributed by atoms with E-state index in [1.54, 1.807) is 6.08 Å². The number of aliphatic hydroxyl groups is 2. The molecule has 0 heterocycles. The van der Waals surface area contributed by atoms with Crippen molar-refractivity contribution in [2.45, 2.75) is 58.0 Å². The van der Waals surface area contributed by atoms with Gasteiger partial charge in [-0.25, -0.2) is 0 Å². The molecule has 3 saturated carbocycles. The van der Waals surface area contributed by atoms with E-state index in [1.165, 1.54) is 0 Å². The van der Waals surface area contributed by atoms with Gasteiger partial charge in [0.1, 0.15) is 12.9 Å². The molecule has 0 radical (unpaired) electrons. The first-order valence-corrected chi connectivity index (χ1v) is 9.89. The number of hydrogen-bond acceptors (Lipinski definition) is 5. The summed E-state index contributed by atoms with van der Waals surface area (Å²) < 4.78 is 0. The van der Waals surface area contributed by atoms with Gasteiger partial charge in [-0.2, -0.15) is 0 Å². The zero-order valence-electron chi connectivity index (χ0n) is 15.3. The number of carbonyl (C=O) groups is 3. The van der Waals surface area contributed by atoms with E-state index < -0.39 is 24.0 Å². The molecular weight excluding hydrogens is 332 g/mol. The fraction of sp³-hybridized carbons (Fsp3) is 0.762. The topological polar surface area (TPSA) is 91.7 Å². The molecule has 0 saturated heterocycles. The van der Waals surface area contributed by atoms with E-state index in [1.807, 2.05) is 0 Å². The fourth-order valence-corrected chi connectivity index (χ4v) is 7.18. The Hall–Kier alpha value is -1.33. The van der Waals surface area contributed by atoms with Crippen molar-refractivity contribution in [3.8, 4) is 0 Å². The average Bonchev–Trinajstić information content (AvgIpc) is 3.00. The predicted molar refractivity (Wildman–Crippen MR) is 94.1 cm³/mol. The van der Waals surface area contributed by atoms with Crippen molar-refractivity contribution in [3.63, 3.8) is 0 Å². The van der Waals surface area contributed by atoms with Crippen molar-refractivity contribution in [2.24, 2.45) is 34.5 Å². The molecule has 1 unspecified atom stereocenters. The van der Waals surface area contributed by atoms with Crippen LogP contribution in [0.15, 0.2) is 11.6 Å². The molecule has 142 valence electrons. The number of allylic oxidation sites excluding steroid dienone is 1. The molecule has 7 atom stereocenters. The summed E-state index contributed by atoms with van der Waals surface area (Å²) in [7, 11) is 0. The molecule has 0 aromatic rings. The highest BCUT2D eigenvalue weighted by molar-refractivity contribution is 5.91. The van der Waals surface area contributed by atoms with Crippen LogP contribution < -0.4 is 0 Å². The molecule has 0 aromatic carbocycles.